The Bertz CT molecular complexity index is 926. The average molecular weight is 394 g/mol. The molecular formula is C14H11N5OS4. The maximum atomic E-state index is 12.1. The van der Waals surface area contributed by atoms with E-state index in [4.69, 9.17) is 0 Å². The predicted octanol–water partition coefficient (Wildman–Crippen LogP) is 3.78. The van der Waals surface area contributed by atoms with E-state index in [9.17, 15) is 4.79 Å². The van der Waals surface area contributed by atoms with Crippen LogP contribution >= 0.6 is 45.8 Å². The first-order chi connectivity index (χ1) is 11.8. The summed E-state index contributed by atoms with van der Waals surface area (Å²) in [4.78, 5) is 18.7. The lowest BCUT2D eigenvalue weighted by atomic mass is 10.3. The number of nitrogens with one attached hydrogen (secondary N) is 1. The highest BCUT2D eigenvalue weighted by molar-refractivity contribution is 8.00. The van der Waals surface area contributed by atoms with Gasteiger partial charge in [0, 0.05) is 28.4 Å². The summed E-state index contributed by atoms with van der Waals surface area (Å²) in [6.45, 7) is 0. The lowest BCUT2D eigenvalue weighted by Gasteiger charge is -1.97. The smallest absolute Gasteiger partial charge is 0.232 e. The first-order valence-corrected chi connectivity index (χ1v) is 10.5. The number of thioether (sulfide) groups is 1. The Hall–Kier alpha value is -1.75. The van der Waals surface area contributed by atoms with Gasteiger partial charge in [0.2, 0.25) is 11.0 Å². The number of imidazole rings is 1. The summed E-state index contributed by atoms with van der Waals surface area (Å²) in [6.07, 6.45) is 4.02. The van der Waals surface area contributed by atoms with Gasteiger partial charge in [0.1, 0.15) is 0 Å². The summed E-state index contributed by atoms with van der Waals surface area (Å²) in [7, 11) is 0. The molecule has 0 bridgehead atoms. The van der Waals surface area contributed by atoms with Crippen molar-refractivity contribution >= 4 is 61.8 Å². The summed E-state index contributed by atoms with van der Waals surface area (Å²) in [5, 5.41) is 15.5. The number of amides is 1. The van der Waals surface area contributed by atoms with E-state index < -0.39 is 0 Å². The first kappa shape index (κ1) is 15.8. The molecule has 0 fully saturated rings. The molecule has 4 aromatic heterocycles. The van der Waals surface area contributed by atoms with E-state index in [-0.39, 0.29) is 12.3 Å². The van der Waals surface area contributed by atoms with Gasteiger partial charge in [-0.15, -0.1) is 32.9 Å². The van der Waals surface area contributed by atoms with Crippen LogP contribution in [0.1, 0.15) is 10.6 Å². The number of nitrogens with zero attached hydrogens (tertiary/aromatic N) is 4. The minimum absolute atomic E-state index is 0.133. The Balaban J connectivity index is 1.33. The van der Waals surface area contributed by atoms with Crippen molar-refractivity contribution in [3.05, 3.63) is 45.9 Å². The van der Waals surface area contributed by atoms with E-state index in [2.05, 4.69) is 31.9 Å². The van der Waals surface area contributed by atoms with Crippen molar-refractivity contribution in [2.24, 2.45) is 0 Å². The van der Waals surface area contributed by atoms with E-state index in [1.807, 2.05) is 28.2 Å². The fourth-order valence-corrected chi connectivity index (χ4v) is 5.30. The van der Waals surface area contributed by atoms with E-state index in [1.54, 1.807) is 34.4 Å². The molecule has 0 aliphatic rings. The summed E-state index contributed by atoms with van der Waals surface area (Å²) < 4.78 is 2.76. The van der Waals surface area contributed by atoms with Crippen molar-refractivity contribution < 1.29 is 4.79 Å². The highest BCUT2D eigenvalue weighted by Crippen LogP contribution is 2.29. The standard InChI is InChI=1S/C14H11N5OS4/c20-11(6-9-7-19-3-5-22-13(19)15-9)16-12-17-18-14(24-12)23-8-10-2-1-4-21-10/h1-5,7H,6,8H2,(H,16,17,20). The fraction of sp³-hybridized carbons (Fsp3) is 0.143. The van der Waals surface area contributed by atoms with Crippen LogP contribution in [0.25, 0.3) is 4.96 Å². The van der Waals surface area contributed by atoms with Crippen LogP contribution in [0.15, 0.2) is 39.6 Å². The molecule has 0 spiro atoms. The van der Waals surface area contributed by atoms with Crippen LogP contribution in [-0.4, -0.2) is 25.5 Å². The molecule has 1 N–H and O–H groups in total. The second-order valence-corrected chi connectivity index (χ2v) is 8.90. The van der Waals surface area contributed by atoms with Gasteiger partial charge in [-0.25, -0.2) is 4.98 Å². The number of carbonyl (C=O) groups excluding carboxylic acids is 1. The van der Waals surface area contributed by atoms with Crippen LogP contribution in [0.3, 0.4) is 0 Å². The Morgan fingerprint density at radius 3 is 3.08 bits per heavy atom. The van der Waals surface area contributed by atoms with Crippen LogP contribution in [0.4, 0.5) is 5.13 Å². The van der Waals surface area contributed by atoms with Crippen LogP contribution in [0.2, 0.25) is 0 Å². The molecule has 122 valence electrons. The monoisotopic (exact) mass is 393 g/mol. The normalized spacial score (nSPS) is 11.2. The number of carbonyl (C=O) groups is 1. The maximum Gasteiger partial charge on any atom is 0.232 e. The zero-order chi connectivity index (χ0) is 16.4. The van der Waals surface area contributed by atoms with Crippen molar-refractivity contribution in [2.75, 3.05) is 5.32 Å². The molecule has 24 heavy (non-hydrogen) atoms. The number of anilines is 1. The van der Waals surface area contributed by atoms with Crippen molar-refractivity contribution in [3.8, 4) is 0 Å². The van der Waals surface area contributed by atoms with Gasteiger partial charge in [0.25, 0.3) is 0 Å². The summed E-state index contributed by atoms with van der Waals surface area (Å²) in [5.74, 6) is 0.734. The van der Waals surface area contributed by atoms with Crippen LogP contribution in [0.5, 0.6) is 0 Å². The lowest BCUT2D eigenvalue weighted by Crippen LogP contribution is -2.14. The molecule has 4 rings (SSSR count). The van der Waals surface area contributed by atoms with Gasteiger partial charge in [-0.2, -0.15) is 0 Å². The molecule has 4 heterocycles. The van der Waals surface area contributed by atoms with Gasteiger partial charge < -0.3 is 5.32 Å². The molecule has 0 radical (unpaired) electrons. The summed E-state index contributed by atoms with van der Waals surface area (Å²) in [5.41, 5.74) is 0.746. The molecular weight excluding hydrogens is 382 g/mol. The number of rotatable bonds is 6. The van der Waals surface area contributed by atoms with Crippen molar-refractivity contribution in [1.29, 1.82) is 0 Å². The minimum atomic E-state index is -0.133. The minimum Gasteiger partial charge on any atom is -0.300 e. The predicted molar refractivity (Wildman–Crippen MR) is 99.2 cm³/mol. The third-order valence-electron chi connectivity index (χ3n) is 3.06. The van der Waals surface area contributed by atoms with Crippen molar-refractivity contribution in [3.63, 3.8) is 0 Å². The molecule has 0 aromatic carbocycles. The number of thiophene rings is 1. The molecule has 0 saturated carbocycles. The Labute approximate surface area is 153 Å². The van der Waals surface area contributed by atoms with Gasteiger partial charge in [0.15, 0.2) is 9.30 Å². The highest BCUT2D eigenvalue weighted by atomic mass is 32.2. The van der Waals surface area contributed by atoms with Gasteiger partial charge in [-0.05, 0) is 11.4 Å². The molecule has 10 heteroatoms. The largest absolute Gasteiger partial charge is 0.300 e. The Morgan fingerprint density at radius 1 is 1.29 bits per heavy atom. The molecule has 0 saturated heterocycles. The van der Waals surface area contributed by atoms with Gasteiger partial charge in [-0.1, -0.05) is 29.2 Å². The van der Waals surface area contributed by atoms with E-state index >= 15 is 0 Å². The number of fused-ring (bicyclic) bond motifs is 1. The molecule has 1 amide bonds. The van der Waals surface area contributed by atoms with E-state index in [0.29, 0.717) is 5.13 Å². The van der Waals surface area contributed by atoms with Crippen LogP contribution in [-0.2, 0) is 17.0 Å². The second kappa shape index (κ2) is 7.01. The van der Waals surface area contributed by atoms with Crippen molar-refractivity contribution in [1.82, 2.24) is 19.6 Å². The SMILES string of the molecule is O=C(Cc1cn2ccsc2n1)Nc1nnc(SCc2cccs2)s1. The van der Waals surface area contributed by atoms with Gasteiger partial charge in [-0.3, -0.25) is 9.20 Å². The number of thiazole rings is 1. The molecule has 6 nitrogen and oxygen atoms in total. The molecule has 0 unspecified atom stereocenters. The topological polar surface area (TPSA) is 72.2 Å². The quantitative estimate of drug-likeness (QED) is 0.399. The maximum absolute atomic E-state index is 12.1. The average Bonchev–Trinajstić information content (AvgIpc) is 3.29. The Kier molecular flexibility index (Phi) is 4.60. The second-order valence-electron chi connectivity index (χ2n) is 4.79. The van der Waals surface area contributed by atoms with Gasteiger partial charge in [0.05, 0.1) is 12.1 Å². The third-order valence-corrected chi connectivity index (χ3v) is 6.91. The number of hydrogen-bond acceptors (Lipinski definition) is 8. The number of aromatic nitrogens is 4. The molecule has 0 aliphatic carbocycles. The summed E-state index contributed by atoms with van der Waals surface area (Å²) in [6, 6.07) is 4.13. The highest BCUT2D eigenvalue weighted by Gasteiger charge is 2.12. The number of hydrogen-bond donors (Lipinski definition) is 1. The Morgan fingerprint density at radius 2 is 2.25 bits per heavy atom. The molecule has 0 aliphatic heterocycles. The fourth-order valence-electron chi connectivity index (χ4n) is 2.04. The zero-order valence-electron chi connectivity index (χ0n) is 12.2. The summed E-state index contributed by atoms with van der Waals surface area (Å²) >= 11 is 6.28. The van der Waals surface area contributed by atoms with Gasteiger partial charge >= 0.3 is 0 Å². The van der Waals surface area contributed by atoms with E-state index in [0.717, 1.165) is 20.7 Å². The van der Waals surface area contributed by atoms with Crippen LogP contribution in [0, 0.1) is 0 Å². The third kappa shape index (κ3) is 3.66. The zero-order valence-corrected chi connectivity index (χ0v) is 15.5. The molecule has 0 atom stereocenters. The lowest BCUT2D eigenvalue weighted by molar-refractivity contribution is -0.115. The van der Waals surface area contributed by atoms with Crippen molar-refractivity contribution in [2.45, 2.75) is 16.5 Å². The first-order valence-electron chi connectivity index (χ1n) is 6.96. The van der Waals surface area contributed by atoms with Crippen LogP contribution < -0.4 is 5.32 Å². The molecule has 4 aromatic rings. The van der Waals surface area contributed by atoms with E-state index in [1.165, 1.54) is 16.2 Å².